The number of carbonyl (C=O) groups excluding carboxylic acids is 1. The maximum absolute atomic E-state index is 12.2. The lowest BCUT2D eigenvalue weighted by atomic mass is 10.1. The minimum Gasteiger partial charge on any atom is -0.497 e. The Morgan fingerprint density at radius 2 is 1.92 bits per heavy atom. The highest BCUT2D eigenvalue weighted by atomic mass is 35.5. The first-order valence-electron chi connectivity index (χ1n) is 7.41. The number of fused-ring (bicyclic) bond motifs is 1. The normalized spacial score (nSPS) is 10.7. The van der Waals surface area contributed by atoms with E-state index in [0.717, 1.165) is 5.39 Å². The Kier molecular flexibility index (Phi) is 4.97. The van der Waals surface area contributed by atoms with E-state index in [-0.39, 0.29) is 18.0 Å². The van der Waals surface area contributed by atoms with Crippen molar-refractivity contribution < 1.29 is 9.53 Å². The first-order valence-corrected chi connectivity index (χ1v) is 8.17. The molecule has 2 aromatic carbocycles. The van der Waals surface area contributed by atoms with E-state index in [4.69, 9.17) is 27.9 Å². The van der Waals surface area contributed by atoms with Crippen LogP contribution < -0.4 is 15.6 Å². The van der Waals surface area contributed by atoms with E-state index in [1.54, 1.807) is 37.4 Å². The second-order valence-electron chi connectivity index (χ2n) is 5.39. The number of methoxy groups -OCH3 is 1. The smallest absolute Gasteiger partial charge is 0.253 e. The molecule has 0 aliphatic rings. The fourth-order valence-electron chi connectivity index (χ4n) is 2.40. The highest BCUT2D eigenvalue weighted by molar-refractivity contribution is 6.42. The fraction of sp³-hybridized carbons (Fsp3) is 0.111. The summed E-state index contributed by atoms with van der Waals surface area (Å²) < 4.78 is 5.14. The summed E-state index contributed by atoms with van der Waals surface area (Å²) in [5, 5.41) is 4.22. The topological polar surface area (TPSA) is 71.2 Å². The molecule has 0 saturated carbocycles. The van der Waals surface area contributed by atoms with Gasteiger partial charge in [0.1, 0.15) is 5.75 Å². The van der Waals surface area contributed by atoms with E-state index in [1.807, 2.05) is 6.07 Å². The van der Waals surface area contributed by atoms with Gasteiger partial charge in [0.15, 0.2) is 0 Å². The van der Waals surface area contributed by atoms with Crippen molar-refractivity contribution in [1.82, 2.24) is 10.3 Å². The van der Waals surface area contributed by atoms with Crippen LogP contribution in [-0.4, -0.2) is 18.0 Å². The van der Waals surface area contributed by atoms with Gasteiger partial charge in [0.2, 0.25) is 0 Å². The molecule has 0 fully saturated rings. The van der Waals surface area contributed by atoms with Gasteiger partial charge in [-0.3, -0.25) is 9.59 Å². The number of ether oxygens (including phenoxy) is 1. The van der Waals surface area contributed by atoms with Gasteiger partial charge in [-0.05, 0) is 41.8 Å². The van der Waals surface area contributed by atoms with E-state index in [1.165, 1.54) is 6.07 Å². The molecule has 0 aliphatic carbocycles. The van der Waals surface area contributed by atoms with Gasteiger partial charge in [-0.25, -0.2) is 0 Å². The summed E-state index contributed by atoms with van der Waals surface area (Å²) >= 11 is 11.8. The van der Waals surface area contributed by atoms with Crippen LogP contribution in [-0.2, 0) is 6.54 Å². The van der Waals surface area contributed by atoms with Crippen molar-refractivity contribution in [2.24, 2.45) is 0 Å². The zero-order valence-electron chi connectivity index (χ0n) is 13.2. The molecule has 0 radical (unpaired) electrons. The van der Waals surface area contributed by atoms with Crippen molar-refractivity contribution in [3.05, 3.63) is 74.0 Å². The van der Waals surface area contributed by atoms with E-state index < -0.39 is 0 Å². The number of carbonyl (C=O) groups is 1. The van der Waals surface area contributed by atoms with Crippen LogP contribution in [0, 0.1) is 0 Å². The lowest BCUT2D eigenvalue weighted by molar-refractivity contribution is 0.0951. The first-order chi connectivity index (χ1) is 12.0. The number of amides is 1. The Bertz CT molecular complexity index is 1010. The maximum Gasteiger partial charge on any atom is 0.253 e. The van der Waals surface area contributed by atoms with E-state index in [9.17, 15) is 9.59 Å². The van der Waals surface area contributed by atoms with Crippen LogP contribution in [0.5, 0.6) is 5.75 Å². The van der Waals surface area contributed by atoms with Crippen molar-refractivity contribution in [3.63, 3.8) is 0 Å². The van der Waals surface area contributed by atoms with Crippen LogP contribution >= 0.6 is 23.2 Å². The van der Waals surface area contributed by atoms with E-state index in [0.29, 0.717) is 32.4 Å². The van der Waals surface area contributed by atoms with Gasteiger partial charge in [0.05, 0.1) is 22.7 Å². The summed E-state index contributed by atoms with van der Waals surface area (Å²) in [6.07, 6.45) is 0. The average Bonchev–Trinajstić information content (AvgIpc) is 2.61. The quantitative estimate of drug-likeness (QED) is 0.727. The third kappa shape index (κ3) is 3.78. The molecule has 3 rings (SSSR count). The predicted molar refractivity (Wildman–Crippen MR) is 98.8 cm³/mol. The Labute approximate surface area is 153 Å². The minimum atomic E-state index is -0.340. The molecule has 0 bridgehead atoms. The molecule has 0 aliphatic heterocycles. The van der Waals surface area contributed by atoms with Gasteiger partial charge in [-0.15, -0.1) is 0 Å². The first kappa shape index (κ1) is 17.3. The number of benzene rings is 2. The number of hydrogen-bond donors (Lipinski definition) is 2. The summed E-state index contributed by atoms with van der Waals surface area (Å²) in [4.78, 5) is 27.2. The van der Waals surface area contributed by atoms with Crippen LogP contribution in [0.3, 0.4) is 0 Å². The standard InChI is InChI=1S/C18H14Cl2N2O3/c1-25-13-4-2-10-6-12(18(24)22-16(10)8-13)9-21-17(23)11-3-5-14(19)15(20)7-11/h2-8H,9H2,1H3,(H,21,23)(H,22,24). The minimum absolute atomic E-state index is 0.0936. The van der Waals surface area contributed by atoms with Crippen molar-refractivity contribution >= 4 is 40.0 Å². The lowest BCUT2D eigenvalue weighted by Crippen LogP contribution is -2.26. The molecule has 25 heavy (non-hydrogen) atoms. The van der Waals surface area contributed by atoms with Crippen LogP contribution in [0.2, 0.25) is 10.0 Å². The summed E-state index contributed by atoms with van der Waals surface area (Å²) in [5.74, 6) is 0.316. The Morgan fingerprint density at radius 1 is 1.12 bits per heavy atom. The van der Waals surface area contributed by atoms with Crippen molar-refractivity contribution in [1.29, 1.82) is 0 Å². The van der Waals surface area contributed by atoms with Gasteiger partial charge in [-0.2, -0.15) is 0 Å². The number of aromatic nitrogens is 1. The molecule has 0 unspecified atom stereocenters. The monoisotopic (exact) mass is 376 g/mol. The number of hydrogen-bond acceptors (Lipinski definition) is 3. The van der Waals surface area contributed by atoms with Gasteiger partial charge < -0.3 is 15.0 Å². The molecule has 7 heteroatoms. The van der Waals surface area contributed by atoms with E-state index in [2.05, 4.69) is 10.3 Å². The highest BCUT2D eigenvalue weighted by Gasteiger charge is 2.10. The number of halogens is 2. The summed E-state index contributed by atoms with van der Waals surface area (Å²) in [5.41, 5.74) is 1.22. The summed E-state index contributed by atoms with van der Waals surface area (Å²) in [6, 6.07) is 11.7. The van der Waals surface area contributed by atoms with Crippen LogP contribution in [0.1, 0.15) is 15.9 Å². The van der Waals surface area contributed by atoms with Crippen LogP contribution in [0.15, 0.2) is 47.3 Å². The van der Waals surface area contributed by atoms with Gasteiger partial charge in [-0.1, -0.05) is 23.2 Å². The number of aromatic amines is 1. The maximum atomic E-state index is 12.2. The molecule has 0 atom stereocenters. The van der Waals surface area contributed by atoms with Gasteiger partial charge >= 0.3 is 0 Å². The number of nitrogens with one attached hydrogen (secondary N) is 2. The molecule has 128 valence electrons. The molecular weight excluding hydrogens is 363 g/mol. The number of rotatable bonds is 4. The highest BCUT2D eigenvalue weighted by Crippen LogP contribution is 2.22. The SMILES string of the molecule is COc1ccc2cc(CNC(=O)c3ccc(Cl)c(Cl)c3)c(=O)[nH]c2c1. The molecule has 3 aromatic rings. The molecule has 0 saturated heterocycles. The zero-order chi connectivity index (χ0) is 18.0. The predicted octanol–water partition coefficient (Wildman–Crippen LogP) is 3.77. The molecule has 5 nitrogen and oxygen atoms in total. The molecule has 1 aromatic heterocycles. The summed E-state index contributed by atoms with van der Waals surface area (Å²) in [6.45, 7) is 0.0936. The fourth-order valence-corrected chi connectivity index (χ4v) is 2.70. The second-order valence-corrected chi connectivity index (χ2v) is 6.20. The second kappa shape index (κ2) is 7.17. The third-order valence-corrected chi connectivity index (χ3v) is 4.49. The number of pyridine rings is 1. The molecule has 1 amide bonds. The largest absolute Gasteiger partial charge is 0.497 e. The average molecular weight is 377 g/mol. The Hall–Kier alpha value is -2.50. The van der Waals surface area contributed by atoms with Crippen molar-refractivity contribution in [2.75, 3.05) is 7.11 Å². The zero-order valence-corrected chi connectivity index (χ0v) is 14.7. The van der Waals surface area contributed by atoms with E-state index >= 15 is 0 Å². The van der Waals surface area contributed by atoms with Crippen LogP contribution in [0.4, 0.5) is 0 Å². The molecular formula is C18H14Cl2N2O3. The molecule has 1 heterocycles. The van der Waals surface area contributed by atoms with Crippen molar-refractivity contribution in [3.8, 4) is 5.75 Å². The lowest BCUT2D eigenvalue weighted by Gasteiger charge is -2.08. The Morgan fingerprint density at radius 3 is 2.64 bits per heavy atom. The van der Waals surface area contributed by atoms with Gasteiger partial charge in [0.25, 0.3) is 11.5 Å². The summed E-state index contributed by atoms with van der Waals surface area (Å²) in [7, 11) is 1.56. The van der Waals surface area contributed by atoms with Crippen LogP contribution in [0.25, 0.3) is 10.9 Å². The van der Waals surface area contributed by atoms with Gasteiger partial charge in [0, 0.05) is 23.7 Å². The molecule has 2 N–H and O–H groups in total. The third-order valence-electron chi connectivity index (χ3n) is 3.75. The Balaban J connectivity index is 1.80. The van der Waals surface area contributed by atoms with Crippen molar-refractivity contribution in [2.45, 2.75) is 6.54 Å². The number of H-pyrrole nitrogens is 1. The molecule has 0 spiro atoms.